The van der Waals surface area contributed by atoms with Crippen LogP contribution in [0, 0.1) is 0 Å². The topological polar surface area (TPSA) is 111 Å². The number of quaternary nitrogens is 1. The first-order chi connectivity index (χ1) is 38.9. The summed E-state index contributed by atoms with van der Waals surface area (Å²) >= 11 is 0. The molecule has 1 amide bonds. The number of likely N-dealkylation sites (N-methyl/N-ethyl adjacent to an activating group) is 1. The second-order valence-corrected chi connectivity index (χ2v) is 25.8. The number of ether oxygens (including phenoxy) is 1. The predicted octanol–water partition coefficient (Wildman–Crippen LogP) is 21.4. The molecule has 2 N–H and O–H groups in total. The highest BCUT2D eigenvalue weighted by Crippen LogP contribution is 2.43. The van der Waals surface area contributed by atoms with Crippen LogP contribution < -0.4 is 5.32 Å². The van der Waals surface area contributed by atoms with Crippen molar-refractivity contribution in [1.29, 1.82) is 0 Å². The largest absolute Gasteiger partial charge is 0.472 e. The highest BCUT2D eigenvalue weighted by molar-refractivity contribution is 7.47. The highest BCUT2D eigenvalue weighted by atomic mass is 31.2. The number of esters is 1. The summed E-state index contributed by atoms with van der Waals surface area (Å²) in [6, 6.07) is -0.854. The lowest BCUT2D eigenvalue weighted by atomic mass is 10.0. The van der Waals surface area contributed by atoms with Gasteiger partial charge in [-0.3, -0.25) is 18.6 Å². The van der Waals surface area contributed by atoms with E-state index in [1.165, 1.54) is 212 Å². The molecular formula is C70H132N2O7P+. The number of phosphoric ester groups is 1. The molecule has 0 spiro atoms. The minimum Gasteiger partial charge on any atom is -0.456 e. The van der Waals surface area contributed by atoms with Gasteiger partial charge in [0.05, 0.1) is 33.8 Å². The van der Waals surface area contributed by atoms with E-state index < -0.39 is 20.0 Å². The molecule has 3 atom stereocenters. The minimum absolute atomic E-state index is 0.0375. The Bertz CT molecular complexity index is 1550. The number of phosphoric acid groups is 1. The zero-order valence-corrected chi connectivity index (χ0v) is 54.5. The predicted molar refractivity (Wildman–Crippen MR) is 346 cm³/mol. The third-order valence-electron chi connectivity index (χ3n) is 15.3. The Morgan fingerprint density at radius 1 is 0.450 bits per heavy atom. The van der Waals surface area contributed by atoms with Crippen LogP contribution in [-0.4, -0.2) is 74.3 Å². The van der Waals surface area contributed by atoms with Crippen LogP contribution in [0.3, 0.4) is 0 Å². The molecule has 80 heavy (non-hydrogen) atoms. The molecule has 0 aliphatic rings. The molecule has 0 aliphatic carbocycles. The zero-order chi connectivity index (χ0) is 58.6. The number of rotatable bonds is 62. The van der Waals surface area contributed by atoms with Crippen molar-refractivity contribution in [3.63, 3.8) is 0 Å². The number of hydrogen-bond donors (Lipinski definition) is 2. The molecule has 0 heterocycles. The SMILES string of the molecule is CC/C=C/C=C/C=C/CCCCCCCCCC(=O)NC(COP(=O)(O)OCC[N+](C)(C)C)C(/C=C\CCCCCCCCCCCC)OC(=O)CCCCCCCCCCCCCCCCCCC/C=C/CCCCCCCC. The summed E-state index contributed by atoms with van der Waals surface area (Å²) in [5, 5.41) is 3.06. The van der Waals surface area contributed by atoms with E-state index in [2.05, 4.69) is 74.7 Å². The lowest BCUT2D eigenvalue weighted by Gasteiger charge is -2.27. The molecule has 0 fully saturated rings. The molecular weight excluding hydrogens is 1010 g/mol. The first kappa shape index (κ1) is 77.7. The maximum absolute atomic E-state index is 13.6. The van der Waals surface area contributed by atoms with Gasteiger partial charge in [0.1, 0.15) is 19.3 Å². The van der Waals surface area contributed by atoms with Crippen molar-refractivity contribution < 1.29 is 37.3 Å². The smallest absolute Gasteiger partial charge is 0.456 e. The van der Waals surface area contributed by atoms with Crippen LogP contribution in [0.1, 0.15) is 323 Å². The van der Waals surface area contributed by atoms with Gasteiger partial charge < -0.3 is 19.4 Å². The number of allylic oxidation sites excluding steroid dienone is 9. The van der Waals surface area contributed by atoms with Gasteiger partial charge in [0.2, 0.25) is 5.91 Å². The summed E-state index contributed by atoms with van der Waals surface area (Å²) in [5.41, 5.74) is 0. The number of carbonyl (C=O) groups is 2. The van der Waals surface area contributed by atoms with Gasteiger partial charge in [-0.2, -0.15) is 0 Å². The second kappa shape index (κ2) is 59.9. The highest BCUT2D eigenvalue weighted by Gasteiger charge is 2.30. The van der Waals surface area contributed by atoms with Gasteiger partial charge in [-0.15, -0.1) is 0 Å². The molecule has 0 aromatic rings. The van der Waals surface area contributed by atoms with Crippen LogP contribution in [-0.2, 0) is 27.9 Å². The fourth-order valence-corrected chi connectivity index (χ4v) is 10.7. The van der Waals surface area contributed by atoms with Crippen LogP contribution in [0.15, 0.2) is 60.8 Å². The van der Waals surface area contributed by atoms with Gasteiger partial charge in [-0.05, 0) is 76.7 Å². The molecule has 0 aromatic carbocycles. The number of carbonyl (C=O) groups excluding carboxylic acids is 2. The average molecular weight is 1140 g/mol. The number of nitrogens with zero attached hydrogens (tertiary/aromatic N) is 1. The molecule has 0 saturated heterocycles. The van der Waals surface area contributed by atoms with E-state index in [4.69, 9.17) is 13.8 Å². The molecule has 10 heteroatoms. The first-order valence-electron chi connectivity index (χ1n) is 34.1. The lowest BCUT2D eigenvalue weighted by molar-refractivity contribution is -0.870. The van der Waals surface area contributed by atoms with Gasteiger partial charge in [-0.25, -0.2) is 4.57 Å². The number of hydrogen-bond acceptors (Lipinski definition) is 6. The first-order valence-corrected chi connectivity index (χ1v) is 35.6. The molecule has 0 radical (unpaired) electrons. The maximum Gasteiger partial charge on any atom is 0.472 e. The van der Waals surface area contributed by atoms with Gasteiger partial charge >= 0.3 is 13.8 Å². The van der Waals surface area contributed by atoms with E-state index in [1.54, 1.807) is 0 Å². The number of nitrogens with one attached hydrogen (secondary N) is 1. The normalized spacial score (nSPS) is 13.9. The Morgan fingerprint density at radius 3 is 1.23 bits per heavy atom. The molecule has 0 aromatic heterocycles. The Morgan fingerprint density at radius 2 is 0.812 bits per heavy atom. The van der Waals surface area contributed by atoms with E-state index in [0.29, 0.717) is 23.9 Å². The van der Waals surface area contributed by atoms with E-state index in [1.807, 2.05) is 33.3 Å². The molecule has 3 unspecified atom stereocenters. The van der Waals surface area contributed by atoms with Crippen LogP contribution in [0.2, 0.25) is 0 Å². The quantitative estimate of drug-likeness (QED) is 0.0156. The molecule has 468 valence electrons. The molecule has 0 aliphatic heterocycles. The maximum atomic E-state index is 13.6. The fourth-order valence-electron chi connectivity index (χ4n) is 10.00. The van der Waals surface area contributed by atoms with Crippen LogP contribution >= 0.6 is 7.82 Å². The van der Waals surface area contributed by atoms with Crippen molar-refractivity contribution in [2.75, 3.05) is 40.9 Å². The third kappa shape index (κ3) is 60.3. The van der Waals surface area contributed by atoms with Gasteiger partial charge in [0.15, 0.2) is 0 Å². The van der Waals surface area contributed by atoms with E-state index in [0.717, 1.165) is 77.0 Å². The summed E-state index contributed by atoms with van der Waals surface area (Å²) in [4.78, 5) is 37.8. The number of unbranched alkanes of at least 4 members (excludes halogenated alkanes) is 40. The monoisotopic (exact) mass is 1140 g/mol. The Balaban J connectivity index is 5.00. The van der Waals surface area contributed by atoms with Gasteiger partial charge in [0, 0.05) is 12.8 Å². The van der Waals surface area contributed by atoms with E-state index >= 15 is 0 Å². The molecule has 0 rings (SSSR count). The summed E-state index contributed by atoms with van der Waals surface area (Å²) in [5.74, 6) is -0.509. The van der Waals surface area contributed by atoms with Crippen molar-refractivity contribution in [2.45, 2.75) is 335 Å². The standard InChI is InChI=1S/C70H131N2O7P/c1-7-10-13-16-19-22-25-28-30-31-32-33-34-35-36-37-38-39-40-41-43-45-48-51-54-57-60-63-70(74)79-68(61-58-55-52-49-46-27-24-21-18-15-12-9-3)67(66-78-80(75,76)77-65-64-72(4,5)6)71-69(73)62-59-56-53-50-47-44-42-29-26-23-20-17-14-11-8-2/h11,14,17,20,23,26,28,30,58,61,67-68H,7-10,12-13,15-16,18-19,21-22,24-25,27,29,31-57,59-60,62-66H2,1-6H3,(H-,71,73,75,76)/p+1/b14-11+,20-17+,26-23+,30-28+,61-58-. The molecule has 0 bridgehead atoms. The average Bonchev–Trinajstić information content (AvgIpc) is 3.42. The van der Waals surface area contributed by atoms with Crippen molar-refractivity contribution in [3.8, 4) is 0 Å². The summed E-state index contributed by atoms with van der Waals surface area (Å²) in [6.07, 6.45) is 76.7. The van der Waals surface area contributed by atoms with Gasteiger partial charge in [-0.1, -0.05) is 294 Å². The van der Waals surface area contributed by atoms with Crippen LogP contribution in [0.5, 0.6) is 0 Å². The van der Waals surface area contributed by atoms with E-state index in [-0.39, 0.29) is 25.1 Å². The Kier molecular flexibility index (Phi) is 58.1. The third-order valence-corrected chi connectivity index (χ3v) is 16.2. The second-order valence-electron chi connectivity index (χ2n) is 24.4. The van der Waals surface area contributed by atoms with Crippen LogP contribution in [0.4, 0.5) is 0 Å². The van der Waals surface area contributed by atoms with Gasteiger partial charge in [0.25, 0.3) is 0 Å². The molecule has 0 saturated carbocycles. The minimum atomic E-state index is -4.45. The summed E-state index contributed by atoms with van der Waals surface area (Å²) in [6.45, 7) is 6.90. The number of amides is 1. The van der Waals surface area contributed by atoms with Crippen molar-refractivity contribution in [2.24, 2.45) is 0 Å². The zero-order valence-electron chi connectivity index (χ0n) is 53.6. The molecule has 9 nitrogen and oxygen atoms in total. The van der Waals surface area contributed by atoms with Crippen LogP contribution in [0.25, 0.3) is 0 Å². The van der Waals surface area contributed by atoms with Crippen molar-refractivity contribution in [3.05, 3.63) is 60.8 Å². The Hall–Kier alpha value is -2.29. The van der Waals surface area contributed by atoms with Crippen molar-refractivity contribution >= 4 is 19.7 Å². The van der Waals surface area contributed by atoms with Crippen molar-refractivity contribution in [1.82, 2.24) is 5.32 Å². The Labute approximate surface area is 496 Å². The summed E-state index contributed by atoms with van der Waals surface area (Å²) < 4.78 is 30.8. The fraction of sp³-hybridized carbons (Fsp3) is 0.829. The lowest BCUT2D eigenvalue weighted by Crippen LogP contribution is -2.47. The van der Waals surface area contributed by atoms with E-state index in [9.17, 15) is 19.0 Å². The summed E-state index contributed by atoms with van der Waals surface area (Å²) in [7, 11) is 1.49.